The van der Waals surface area contributed by atoms with Gasteiger partial charge < -0.3 is 10.4 Å². The van der Waals surface area contributed by atoms with Crippen molar-refractivity contribution in [1.29, 1.82) is 0 Å². The number of aliphatic carboxylic acids is 1. The number of amides is 3. The molecule has 1 aliphatic heterocycles. The number of imide groups is 1. The van der Waals surface area contributed by atoms with E-state index < -0.39 is 29.5 Å². The Bertz CT molecular complexity index is 807. The fourth-order valence-electron chi connectivity index (χ4n) is 3.04. The number of carboxylic acids is 1. The maximum atomic E-state index is 13.0. The average molecular weight is 338 g/mol. The molecule has 0 radical (unpaired) electrons. The van der Waals surface area contributed by atoms with Gasteiger partial charge >= 0.3 is 12.0 Å². The lowest BCUT2D eigenvalue weighted by atomic mass is 9.91. The van der Waals surface area contributed by atoms with Crippen LogP contribution in [0.1, 0.15) is 18.1 Å². The molecule has 0 aromatic heterocycles. The lowest BCUT2D eigenvalue weighted by molar-refractivity contribution is -0.147. The Morgan fingerprint density at radius 2 is 1.64 bits per heavy atom. The van der Waals surface area contributed by atoms with E-state index >= 15 is 0 Å². The predicted molar refractivity (Wildman–Crippen MR) is 90.7 cm³/mol. The van der Waals surface area contributed by atoms with Crippen LogP contribution in [0.4, 0.5) is 4.79 Å². The van der Waals surface area contributed by atoms with Crippen molar-refractivity contribution in [2.45, 2.75) is 24.9 Å². The Labute approximate surface area is 145 Å². The summed E-state index contributed by atoms with van der Waals surface area (Å²) >= 11 is 0. The highest BCUT2D eigenvalue weighted by atomic mass is 16.4. The molecular weight excluding hydrogens is 320 g/mol. The summed E-state index contributed by atoms with van der Waals surface area (Å²) in [5.74, 6) is -1.78. The zero-order valence-electron chi connectivity index (χ0n) is 13.7. The van der Waals surface area contributed by atoms with Crippen LogP contribution in [0.5, 0.6) is 0 Å². The quantitative estimate of drug-likeness (QED) is 0.818. The van der Waals surface area contributed by atoms with Crippen LogP contribution in [0.3, 0.4) is 0 Å². The number of urea groups is 1. The van der Waals surface area contributed by atoms with Crippen molar-refractivity contribution in [2.75, 3.05) is 0 Å². The fraction of sp³-hybridized carbons (Fsp3) is 0.211. The van der Waals surface area contributed by atoms with Crippen LogP contribution >= 0.6 is 0 Å². The van der Waals surface area contributed by atoms with Crippen LogP contribution in [0.2, 0.25) is 0 Å². The SMILES string of the molecule is CC1(c2ccccc2)NC(=O)N(C(Cc2ccccc2)C(=O)O)C1=O. The first-order valence-corrected chi connectivity index (χ1v) is 7.91. The van der Waals surface area contributed by atoms with E-state index in [4.69, 9.17) is 0 Å². The van der Waals surface area contributed by atoms with Gasteiger partial charge in [-0.3, -0.25) is 4.79 Å². The number of carbonyl (C=O) groups excluding carboxylic acids is 2. The Morgan fingerprint density at radius 1 is 1.08 bits per heavy atom. The molecule has 0 spiro atoms. The van der Waals surface area contributed by atoms with E-state index in [9.17, 15) is 19.5 Å². The summed E-state index contributed by atoms with van der Waals surface area (Å²) in [5.41, 5.74) is 0.0754. The third-order valence-corrected chi connectivity index (χ3v) is 4.44. The maximum absolute atomic E-state index is 13.0. The van der Waals surface area contributed by atoms with Crippen LogP contribution in [-0.2, 0) is 21.5 Å². The normalized spacial score (nSPS) is 21.1. The standard InChI is InChI=1S/C19H18N2O4/c1-19(14-10-6-3-7-11-14)17(24)21(18(25)20-19)15(16(22)23)12-13-8-4-2-5-9-13/h2-11,15H,12H2,1H3,(H,20,25)(H,22,23). The third-order valence-electron chi connectivity index (χ3n) is 4.44. The van der Waals surface area contributed by atoms with Gasteiger partial charge in [-0.1, -0.05) is 60.7 Å². The van der Waals surface area contributed by atoms with Gasteiger partial charge in [-0.05, 0) is 18.1 Å². The summed E-state index contributed by atoms with van der Waals surface area (Å²) in [5, 5.41) is 12.2. The molecule has 3 rings (SSSR count). The molecule has 0 aliphatic carbocycles. The zero-order valence-corrected chi connectivity index (χ0v) is 13.7. The van der Waals surface area contributed by atoms with Crippen LogP contribution in [-0.4, -0.2) is 34.0 Å². The molecule has 1 saturated heterocycles. The average Bonchev–Trinajstić information content (AvgIpc) is 2.84. The summed E-state index contributed by atoms with van der Waals surface area (Å²) in [6.07, 6.45) is 0.0558. The second-order valence-corrected chi connectivity index (χ2v) is 6.14. The number of nitrogens with one attached hydrogen (secondary N) is 1. The highest BCUT2D eigenvalue weighted by Gasteiger charge is 2.52. The van der Waals surface area contributed by atoms with E-state index in [0.717, 1.165) is 10.5 Å². The minimum Gasteiger partial charge on any atom is -0.480 e. The van der Waals surface area contributed by atoms with Gasteiger partial charge in [0.05, 0.1) is 0 Å². The summed E-state index contributed by atoms with van der Waals surface area (Å²) in [4.78, 5) is 38.0. The van der Waals surface area contributed by atoms with Crippen molar-refractivity contribution in [1.82, 2.24) is 10.2 Å². The Hall–Kier alpha value is -3.15. The van der Waals surface area contributed by atoms with E-state index in [1.54, 1.807) is 61.5 Å². The van der Waals surface area contributed by atoms with Gasteiger partial charge in [0.15, 0.2) is 0 Å². The maximum Gasteiger partial charge on any atom is 0.327 e. The van der Waals surface area contributed by atoms with Crippen molar-refractivity contribution >= 4 is 17.9 Å². The number of hydrogen-bond donors (Lipinski definition) is 2. The van der Waals surface area contributed by atoms with Crippen molar-refractivity contribution in [2.24, 2.45) is 0 Å². The lowest BCUT2D eigenvalue weighted by Gasteiger charge is -2.25. The number of carboxylic acid groups (broad SMARTS) is 1. The van der Waals surface area contributed by atoms with Crippen molar-refractivity contribution in [3.8, 4) is 0 Å². The van der Waals surface area contributed by atoms with Gasteiger partial charge in [-0.25, -0.2) is 14.5 Å². The molecule has 6 heteroatoms. The van der Waals surface area contributed by atoms with E-state index in [0.29, 0.717) is 5.56 Å². The first-order valence-electron chi connectivity index (χ1n) is 7.91. The topological polar surface area (TPSA) is 86.7 Å². The Kier molecular flexibility index (Phi) is 4.27. The minimum absolute atomic E-state index is 0.0558. The molecule has 1 fully saturated rings. The van der Waals surface area contributed by atoms with E-state index in [1.165, 1.54) is 0 Å². The molecule has 0 saturated carbocycles. The summed E-state index contributed by atoms with van der Waals surface area (Å²) < 4.78 is 0. The molecule has 128 valence electrons. The molecule has 2 aromatic carbocycles. The molecule has 2 unspecified atom stereocenters. The highest BCUT2D eigenvalue weighted by molar-refractivity contribution is 6.09. The highest BCUT2D eigenvalue weighted by Crippen LogP contribution is 2.30. The fourth-order valence-corrected chi connectivity index (χ4v) is 3.04. The number of nitrogens with zero attached hydrogens (tertiary/aromatic N) is 1. The van der Waals surface area contributed by atoms with E-state index in [1.807, 2.05) is 6.07 Å². The number of carbonyl (C=O) groups is 3. The van der Waals surface area contributed by atoms with Crippen LogP contribution < -0.4 is 5.32 Å². The second kappa shape index (κ2) is 6.39. The van der Waals surface area contributed by atoms with Crippen LogP contribution in [0, 0.1) is 0 Å². The van der Waals surface area contributed by atoms with Crippen LogP contribution in [0.25, 0.3) is 0 Å². The number of hydrogen-bond acceptors (Lipinski definition) is 3. The van der Waals surface area contributed by atoms with Gasteiger partial charge in [0.2, 0.25) is 0 Å². The largest absolute Gasteiger partial charge is 0.480 e. The van der Waals surface area contributed by atoms with Gasteiger partial charge in [0.1, 0.15) is 11.6 Å². The van der Waals surface area contributed by atoms with Crippen LogP contribution in [0.15, 0.2) is 60.7 Å². The van der Waals surface area contributed by atoms with Crippen molar-refractivity contribution < 1.29 is 19.5 Å². The van der Waals surface area contributed by atoms with Gasteiger partial charge in [-0.2, -0.15) is 0 Å². The molecule has 1 aliphatic rings. The minimum atomic E-state index is -1.28. The molecular formula is C19H18N2O4. The monoisotopic (exact) mass is 338 g/mol. The van der Waals surface area contributed by atoms with Gasteiger partial charge in [0.25, 0.3) is 5.91 Å². The number of benzene rings is 2. The first kappa shape index (κ1) is 16.7. The van der Waals surface area contributed by atoms with Crippen molar-refractivity contribution in [3.05, 3.63) is 71.8 Å². The molecule has 6 nitrogen and oxygen atoms in total. The molecule has 0 bridgehead atoms. The first-order chi connectivity index (χ1) is 11.9. The smallest absolute Gasteiger partial charge is 0.327 e. The molecule has 25 heavy (non-hydrogen) atoms. The number of rotatable bonds is 5. The second-order valence-electron chi connectivity index (χ2n) is 6.14. The Balaban J connectivity index is 1.93. The van der Waals surface area contributed by atoms with Gasteiger partial charge in [0, 0.05) is 6.42 Å². The van der Waals surface area contributed by atoms with E-state index in [-0.39, 0.29) is 6.42 Å². The van der Waals surface area contributed by atoms with Gasteiger partial charge in [-0.15, -0.1) is 0 Å². The molecule has 2 aromatic rings. The lowest BCUT2D eigenvalue weighted by Crippen LogP contribution is -2.48. The predicted octanol–water partition coefficient (Wildman–Crippen LogP) is 2.15. The van der Waals surface area contributed by atoms with Crippen molar-refractivity contribution in [3.63, 3.8) is 0 Å². The third kappa shape index (κ3) is 2.98. The molecule has 3 amide bonds. The summed E-state index contributed by atoms with van der Waals surface area (Å²) in [6.45, 7) is 1.59. The Morgan fingerprint density at radius 3 is 2.20 bits per heavy atom. The molecule has 1 heterocycles. The molecule has 2 atom stereocenters. The summed E-state index contributed by atoms with van der Waals surface area (Å²) in [7, 11) is 0. The molecule has 2 N–H and O–H groups in total. The summed E-state index contributed by atoms with van der Waals surface area (Å²) in [6, 6.07) is 15.8. The van der Waals surface area contributed by atoms with E-state index in [2.05, 4.69) is 5.32 Å². The zero-order chi connectivity index (χ0) is 18.0.